The van der Waals surface area contributed by atoms with Crippen LogP contribution in [0.2, 0.25) is 0 Å². The van der Waals surface area contributed by atoms with Gasteiger partial charge >= 0.3 is 0 Å². The van der Waals surface area contributed by atoms with E-state index in [1.165, 1.54) is 58.2 Å². The lowest BCUT2D eigenvalue weighted by Crippen LogP contribution is -2.51. The van der Waals surface area contributed by atoms with E-state index in [0.717, 1.165) is 12.0 Å². The summed E-state index contributed by atoms with van der Waals surface area (Å²) >= 11 is 0. The van der Waals surface area contributed by atoms with Crippen LogP contribution in [-0.4, -0.2) is 36.6 Å². The van der Waals surface area contributed by atoms with Crippen LogP contribution in [0.15, 0.2) is 0 Å². The van der Waals surface area contributed by atoms with E-state index >= 15 is 0 Å². The predicted octanol–water partition coefficient (Wildman–Crippen LogP) is 3.67. The summed E-state index contributed by atoms with van der Waals surface area (Å²) in [6.45, 7) is 13.9. The molecule has 0 aromatic rings. The van der Waals surface area contributed by atoms with Crippen LogP contribution in [0.5, 0.6) is 0 Å². The molecule has 0 amide bonds. The van der Waals surface area contributed by atoms with Gasteiger partial charge in [0.15, 0.2) is 0 Å². The second-order valence-corrected chi connectivity index (χ2v) is 8.59. The van der Waals surface area contributed by atoms with E-state index in [0.29, 0.717) is 16.9 Å². The van der Waals surface area contributed by atoms with Crippen molar-refractivity contribution < 1.29 is 0 Å². The largest absolute Gasteiger partial charge is 0.310 e. The minimum atomic E-state index is 0.522. The SMILES string of the molecule is CC(CN1CCCCC1)NC1CC2CCC1(C)C2(C)C. The molecule has 2 bridgehead atoms. The van der Waals surface area contributed by atoms with Crippen molar-refractivity contribution in [3.8, 4) is 0 Å². The first kappa shape index (κ1) is 14.8. The van der Waals surface area contributed by atoms with Gasteiger partial charge in [0.05, 0.1) is 0 Å². The number of rotatable bonds is 4. The monoisotopic (exact) mass is 278 g/mol. The maximum atomic E-state index is 4.01. The molecule has 0 aromatic carbocycles. The second-order valence-electron chi connectivity index (χ2n) is 8.59. The molecule has 2 saturated carbocycles. The molecule has 0 aromatic heterocycles. The molecule has 1 N–H and O–H groups in total. The van der Waals surface area contributed by atoms with Crippen LogP contribution < -0.4 is 5.32 Å². The third-order valence-electron chi connectivity index (χ3n) is 7.26. The normalized spacial score (nSPS) is 42.0. The van der Waals surface area contributed by atoms with Crippen molar-refractivity contribution >= 4 is 0 Å². The quantitative estimate of drug-likeness (QED) is 0.844. The van der Waals surface area contributed by atoms with Crippen LogP contribution >= 0.6 is 0 Å². The Hall–Kier alpha value is -0.0800. The molecule has 1 aliphatic heterocycles. The number of nitrogens with one attached hydrogen (secondary N) is 1. The highest BCUT2D eigenvalue weighted by Crippen LogP contribution is 2.65. The molecule has 4 unspecified atom stereocenters. The molecule has 0 radical (unpaired) electrons. The van der Waals surface area contributed by atoms with Gasteiger partial charge in [-0.15, -0.1) is 0 Å². The van der Waals surface area contributed by atoms with Crippen LogP contribution in [0.1, 0.15) is 66.2 Å². The highest BCUT2D eigenvalue weighted by Gasteiger charge is 2.61. The van der Waals surface area contributed by atoms with E-state index in [1.54, 1.807) is 0 Å². The topological polar surface area (TPSA) is 15.3 Å². The molecule has 2 aliphatic carbocycles. The maximum absolute atomic E-state index is 4.01. The van der Waals surface area contributed by atoms with E-state index < -0.39 is 0 Å². The predicted molar refractivity (Wildman–Crippen MR) is 85.9 cm³/mol. The van der Waals surface area contributed by atoms with Gasteiger partial charge in [0.25, 0.3) is 0 Å². The van der Waals surface area contributed by atoms with Crippen LogP contribution in [0, 0.1) is 16.7 Å². The molecular formula is C18H34N2. The maximum Gasteiger partial charge on any atom is 0.0169 e. The van der Waals surface area contributed by atoms with Gasteiger partial charge in [-0.25, -0.2) is 0 Å². The Morgan fingerprint density at radius 2 is 1.85 bits per heavy atom. The average molecular weight is 278 g/mol. The number of hydrogen-bond donors (Lipinski definition) is 1. The number of piperidine rings is 1. The van der Waals surface area contributed by atoms with Crippen molar-refractivity contribution in [1.29, 1.82) is 0 Å². The standard InChI is InChI=1S/C18H34N2/c1-14(13-20-10-6-5-7-11-20)19-16-12-15-8-9-18(16,4)17(15,2)3/h14-16,19H,5-13H2,1-4H3. The Labute approximate surface area is 125 Å². The van der Waals surface area contributed by atoms with Gasteiger partial charge in [0, 0.05) is 18.6 Å². The van der Waals surface area contributed by atoms with Crippen molar-refractivity contribution in [2.75, 3.05) is 19.6 Å². The zero-order chi connectivity index (χ0) is 14.4. The van der Waals surface area contributed by atoms with Gasteiger partial charge in [-0.1, -0.05) is 27.2 Å². The average Bonchev–Trinajstić information content (AvgIpc) is 2.73. The first-order valence-electron chi connectivity index (χ1n) is 8.92. The Morgan fingerprint density at radius 1 is 1.15 bits per heavy atom. The van der Waals surface area contributed by atoms with E-state index in [4.69, 9.17) is 0 Å². The zero-order valence-corrected chi connectivity index (χ0v) is 14.0. The summed E-state index contributed by atoms with van der Waals surface area (Å²) in [7, 11) is 0. The minimum absolute atomic E-state index is 0.522. The summed E-state index contributed by atoms with van der Waals surface area (Å²) < 4.78 is 0. The molecule has 20 heavy (non-hydrogen) atoms. The Morgan fingerprint density at radius 3 is 2.40 bits per heavy atom. The molecule has 116 valence electrons. The van der Waals surface area contributed by atoms with Crippen molar-refractivity contribution in [2.24, 2.45) is 16.7 Å². The Balaban J connectivity index is 1.56. The number of nitrogens with zero attached hydrogens (tertiary/aromatic N) is 1. The fraction of sp³-hybridized carbons (Fsp3) is 1.00. The van der Waals surface area contributed by atoms with Crippen molar-refractivity contribution in [1.82, 2.24) is 10.2 Å². The van der Waals surface area contributed by atoms with E-state index in [-0.39, 0.29) is 0 Å². The van der Waals surface area contributed by atoms with Gasteiger partial charge in [-0.05, 0) is 68.9 Å². The van der Waals surface area contributed by atoms with E-state index in [9.17, 15) is 0 Å². The fourth-order valence-electron chi connectivity index (χ4n) is 5.38. The molecular weight excluding hydrogens is 244 g/mol. The molecule has 4 atom stereocenters. The first-order chi connectivity index (χ1) is 9.43. The van der Waals surface area contributed by atoms with Crippen LogP contribution in [0.25, 0.3) is 0 Å². The Kier molecular flexibility index (Phi) is 3.92. The molecule has 3 rings (SSSR count). The minimum Gasteiger partial charge on any atom is -0.310 e. The lowest BCUT2D eigenvalue weighted by molar-refractivity contribution is 0.109. The lowest BCUT2D eigenvalue weighted by atomic mass is 9.69. The summed E-state index contributed by atoms with van der Waals surface area (Å²) in [6, 6.07) is 1.39. The molecule has 0 spiro atoms. The summed E-state index contributed by atoms with van der Waals surface area (Å²) in [5, 5.41) is 4.01. The van der Waals surface area contributed by atoms with Gasteiger partial charge in [0.2, 0.25) is 0 Å². The lowest BCUT2D eigenvalue weighted by Gasteiger charge is -2.41. The first-order valence-corrected chi connectivity index (χ1v) is 8.92. The molecule has 3 aliphatic rings. The Bertz CT molecular complexity index is 345. The summed E-state index contributed by atoms with van der Waals surface area (Å²) in [5.41, 5.74) is 1.06. The fourth-order valence-corrected chi connectivity index (χ4v) is 5.38. The number of hydrogen-bond acceptors (Lipinski definition) is 2. The third kappa shape index (κ3) is 2.33. The van der Waals surface area contributed by atoms with Gasteiger partial charge < -0.3 is 10.2 Å². The van der Waals surface area contributed by atoms with Crippen molar-refractivity contribution in [3.05, 3.63) is 0 Å². The van der Waals surface area contributed by atoms with E-state index in [2.05, 4.69) is 37.9 Å². The van der Waals surface area contributed by atoms with Gasteiger partial charge in [-0.2, -0.15) is 0 Å². The van der Waals surface area contributed by atoms with Crippen LogP contribution in [0.3, 0.4) is 0 Å². The second kappa shape index (κ2) is 5.28. The molecule has 1 saturated heterocycles. The van der Waals surface area contributed by atoms with Gasteiger partial charge in [-0.3, -0.25) is 0 Å². The summed E-state index contributed by atoms with van der Waals surface area (Å²) in [6.07, 6.45) is 8.55. The highest BCUT2D eigenvalue weighted by atomic mass is 15.2. The van der Waals surface area contributed by atoms with Gasteiger partial charge in [0.1, 0.15) is 0 Å². The number of likely N-dealkylation sites (tertiary alicyclic amines) is 1. The highest BCUT2D eigenvalue weighted by molar-refractivity contribution is 5.13. The van der Waals surface area contributed by atoms with Crippen LogP contribution in [0.4, 0.5) is 0 Å². The molecule has 3 fully saturated rings. The zero-order valence-electron chi connectivity index (χ0n) is 14.0. The van der Waals surface area contributed by atoms with Crippen LogP contribution in [-0.2, 0) is 0 Å². The van der Waals surface area contributed by atoms with Crippen molar-refractivity contribution in [2.45, 2.75) is 78.3 Å². The summed E-state index contributed by atoms with van der Waals surface area (Å²) in [5.74, 6) is 0.951. The summed E-state index contributed by atoms with van der Waals surface area (Å²) in [4.78, 5) is 2.67. The molecule has 2 nitrogen and oxygen atoms in total. The third-order valence-corrected chi connectivity index (χ3v) is 7.26. The molecule has 2 heteroatoms. The smallest absolute Gasteiger partial charge is 0.0169 e. The van der Waals surface area contributed by atoms with Crippen molar-refractivity contribution in [3.63, 3.8) is 0 Å². The van der Waals surface area contributed by atoms with E-state index in [1.807, 2.05) is 0 Å². The number of fused-ring (bicyclic) bond motifs is 2. The molecule has 1 heterocycles.